The van der Waals surface area contributed by atoms with Crippen molar-refractivity contribution in [2.45, 2.75) is 5.92 Å². The number of benzene rings is 5. The standard InChI is InChI=1S/C36H25N/c1-24-30-21-20-26-11-5-6-14-31(26)35(30)34(25-9-3-2-4-10-25)23-33(24)28-18-16-27(17-19-28)32-15-7-12-29-13-8-22-37-36(29)32/h2-23,33H,1H2. The smallest absolute Gasteiger partial charge is 0.0780 e. The molecule has 0 radical (unpaired) electrons. The molecule has 0 saturated heterocycles. The number of allylic oxidation sites excluding steroid dienone is 2. The second-order valence-corrected chi connectivity index (χ2v) is 9.66. The predicted octanol–water partition coefficient (Wildman–Crippen LogP) is 9.30. The Bertz CT molecular complexity index is 1820. The number of hydrogen-bond donors (Lipinski definition) is 0. The number of pyridine rings is 1. The molecule has 5 aromatic carbocycles. The van der Waals surface area contributed by atoms with Gasteiger partial charge in [-0.1, -0.05) is 128 Å². The van der Waals surface area contributed by atoms with Crippen molar-refractivity contribution in [3.05, 3.63) is 162 Å². The molecule has 0 aliphatic heterocycles. The van der Waals surface area contributed by atoms with Gasteiger partial charge in [-0.2, -0.15) is 0 Å². The van der Waals surface area contributed by atoms with Crippen molar-refractivity contribution in [1.29, 1.82) is 0 Å². The van der Waals surface area contributed by atoms with Crippen LogP contribution in [0.15, 0.2) is 140 Å². The largest absolute Gasteiger partial charge is 0.256 e. The van der Waals surface area contributed by atoms with Gasteiger partial charge in [0.25, 0.3) is 0 Å². The minimum atomic E-state index is 0.101. The Morgan fingerprint density at radius 2 is 1.32 bits per heavy atom. The second-order valence-electron chi connectivity index (χ2n) is 9.66. The summed E-state index contributed by atoms with van der Waals surface area (Å²) in [5.41, 5.74) is 10.8. The molecule has 1 unspecified atom stereocenters. The topological polar surface area (TPSA) is 12.9 Å². The first-order chi connectivity index (χ1) is 18.3. The lowest BCUT2D eigenvalue weighted by molar-refractivity contribution is 1.09. The van der Waals surface area contributed by atoms with Crippen LogP contribution >= 0.6 is 0 Å². The van der Waals surface area contributed by atoms with Gasteiger partial charge in [-0.3, -0.25) is 4.98 Å². The van der Waals surface area contributed by atoms with Gasteiger partial charge < -0.3 is 0 Å². The van der Waals surface area contributed by atoms with E-state index >= 15 is 0 Å². The number of nitrogens with zero attached hydrogens (tertiary/aromatic N) is 1. The number of rotatable bonds is 3. The van der Waals surface area contributed by atoms with E-state index in [1.54, 1.807) is 0 Å². The van der Waals surface area contributed by atoms with E-state index in [1.807, 2.05) is 12.3 Å². The van der Waals surface area contributed by atoms with Crippen LogP contribution in [-0.2, 0) is 0 Å². The van der Waals surface area contributed by atoms with E-state index in [9.17, 15) is 0 Å². The Kier molecular flexibility index (Phi) is 5.08. The first kappa shape index (κ1) is 21.5. The maximum absolute atomic E-state index is 4.65. The van der Waals surface area contributed by atoms with Gasteiger partial charge in [0.05, 0.1) is 5.52 Å². The summed E-state index contributed by atoms with van der Waals surface area (Å²) in [6.45, 7) is 4.62. The van der Waals surface area contributed by atoms with Crippen LogP contribution in [0.4, 0.5) is 0 Å². The van der Waals surface area contributed by atoms with E-state index in [2.05, 4.69) is 133 Å². The number of fused-ring (bicyclic) bond motifs is 4. The van der Waals surface area contributed by atoms with Gasteiger partial charge in [-0.05, 0) is 55.8 Å². The van der Waals surface area contributed by atoms with E-state index < -0.39 is 0 Å². The molecular formula is C36H25N. The van der Waals surface area contributed by atoms with Crippen molar-refractivity contribution < 1.29 is 0 Å². The Labute approximate surface area is 217 Å². The fourth-order valence-corrected chi connectivity index (χ4v) is 5.71. The molecule has 37 heavy (non-hydrogen) atoms. The Hall–Kier alpha value is -4.75. The van der Waals surface area contributed by atoms with Crippen LogP contribution in [0.25, 0.3) is 43.9 Å². The summed E-state index contributed by atoms with van der Waals surface area (Å²) in [6.07, 6.45) is 4.27. The molecule has 1 atom stereocenters. The molecule has 174 valence electrons. The zero-order valence-corrected chi connectivity index (χ0v) is 20.4. The van der Waals surface area contributed by atoms with Crippen molar-refractivity contribution in [3.63, 3.8) is 0 Å². The lowest BCUT2D eigenvalue weighted by Gasteiger charge is -2.29. The van der Waals surface area contributed by atoms with E-state index in [0.717, 1.165) is 22.0 Å². The van der Waals surface area contributed by atoms with Gasteiger partial charge in [0.1, 0.15) is 0 Å². The maximum atomic E-state index is 4.65. The molecule has 1 aliphatic rings. The molecule has 6 aromatic rings. The first-order valence-electron chi connectivity index (χ1n) is 12.7. The molecule has 1 aliphatic carbocycles. The third kappa shape index (κ3) is 3.59. The van der Waals surface area contributed by atoms with E-state index in [1.165, 1.54) is 44.2 Å². The number of aromatic nitrogens is 1. The van der Waals surface area contributed by atoms with Crippen LogP contribution in [0, 0.1) is 0 Å². The molecular weight excluding hydrogens is 446 g/mol. The first-order valence-corrected chi connectivity index (χ1v) is 12.7. The van der Waals surface area contributed by atoms with Crippen LogP contribution in [0.5, 0.6) is 0 Å². The van der Waals surface area contributed by atoms with Crippen LogP contribution in [0.1, 0.15) is 28.2 Å². The van der Waals surface area contributed by atoms with Crippen molar-refractivity contribution in [2.75, 3.05) is 0 Å². The summed E-state index contributed by atoms with van der Waals surface area (Å²) in [5.74, 6) is 0.101. The van der Waals surface area contributed by atoms with Crippen molar-refractivity contribution in [1.82, 2.24) is 4.98 Å². The molecule has 1 heteroatoms. The van der Waals surface area contributed by atoms with Crippen molar-refractivity contribution in [3.8, 4) is 11.1 Å². The van der Waals surface area contributed by atoms with Gasteiger partial charge in [0, 0.05) is 23.1 Å². The Morgan fingerprint density at radius 3 is 2.19 bits per heavy atom. The zero-order chi connectivity index (χ0) is 24.8. The van der Waals surface area contributed by atoms with E-state index in [0.29, 0.717) is 0 Å². The summed E-state index contributed by atoms with van der Waals surface area (Å²) in [6, 6.07) is 43.3. The Balaban J connectivity index is 1.37. The molecule has 0 amide bonds. The summed E-state index contributed by atoms with van der Waals surface area (Å²) in [4.78, 5) is 4.65. The highest BCUT2D eigenvalue weighted by atomic mass is 14.6. The van der Waals surface area contributed by atoms with Gasteiger partial charge in [-0.25, -0.2) is 0 Å². The zero-order valence-electron chi connectivity index (χ0n) is 20.4. The summed E-state index contributed by atoms with van der Waals surface area (Å²) < 4.78 is 0. The normalized spacial score (nSPS) is 15.0. The average Bonchev–Trinajstić information content (AvgIpc) is 2.97. The third-order valence-electron chi connectivity index (χ3n) is 7.55. The molecule has 1 aromatic heterocycles. The summed E-state index contributed by atoms with van der Waals surface area (Å²) in [7, 11) is 0. The van der Waals surface area contributed by atoms with Crippen molar-refractivity contribution in [2.24, 2.45) is 0 Å². The summed E-state index contributed by atoms with van der Waals surface area (Å²) in [5, 5.41) is 3.68. The Morgan fingerprint density at radius 1 is 0.568 bits per heavy atom. The van der Waals surface area contributed by atoms with Crippen LogP contribution in [0.2, 0.25) is 0 Å². The molecule has 0 fully saturated rings. The molecule has 1 nitrogen and oxygen atoms in total. The maximum Gasteiger partial charge on any atom is 0.0780 e. The fraction of sp³-hybridized carbons (Fsp3) is 0.0278. The van der Waals surface area contributed by atoms with Crippen LogP contribution < -0.4 is 0 Å². The molecule has 0 saturated carbocycles. The third-order valence-corrected chi connectivity index (χ3v) is 7.55. The SMILES string of the molecule is C=C1c2ccc3ccccc3c2C(c2ccccc2)=CC1c1ccc(-c2cccc3cccnc23)cc1. The van der Waals surface area contributed by atoms with Crippen LogP contribution in [0.3, 0.4) is 0 Å². The van der Waals surface area contributed by atoms with Gasteiger partial charge in [0.2, 0.25) is 0 Å². The highest BCUT2D eigenvalue weighted by molar-refractivity contribution is 6.05. The highest BCUT2D eigenvalue weighted by Crippen LogP contribution is 2.46. The minimum absolute atomic E-state index is 0.101. The quantitative estimate of drug-likeness (QED) is 0.251. The highest BCUT2D eigenvalue weighted by Gasteiger charge is 2.26. The lowest BCUT2D eigenvalue weighted by atomic mass is 9.75. The summed E-state index contributed by atoms with van der Waals surface area (Å²) >= 11 is 0. The van der Waals surface area contributed by atoms with Crippen LogP contribution in [-0.4, -0.2) is 4.98 Å². The van der Waals surface area contributed by atoms with Gasteiger partial charge in [-0.15, -0.1) is 0 Å². The second kappa shape index (κ2) is 8.72. The number of para-hydroxylation sites is 1. The van der Waals surface area contributed by atoms with Crippen molar-refractivity contribution >= 4 is 32.8 Å². The monoisotopic (exact) mass is 471 g/mol. The van der Waals surface area contributed by atoms with E-state index in [4.69, 9.17) is 0 Å². The molecule has 1 heterocycles. The predicted molar refractivity (Wildman–Crippen MR) is 156 cm³/mol. The van der Waals surface area contributed by atoms with Gasteiger partial charge >= 0.3 is 0 Å². The lowest BCUT2D eigenvalue weighted by Crippen LogP contribution is -2.09. The fourth-order valence-electron chi connectivity index (χ4n) is 5.71. The average molecular weight is 472 g/mol. The molecule has 0 spiro atoms. The molecule has 0 bridgehead atoms. The van der Waals surface area contributed by atoms with E-state index in [-0.39, 0.29) is 5.92 Å². The molecule has 7 rings (SSSR count). The van der Waals surface area contributed by atoms with Gasteiger partial charge in [0.15, 0.2) is 0 Å². The number of hydrogen-bond acceptors (Lipinski definition) is 1. The molecule has 0 N–H and O–H groups in total. The minimum Gasteiger partial charge on any atom is -0.256 e.